The van der Waals surface area contributed by atoms with Gasteiger partial charge in [0, 0.05) is 26.1 Å². The highest BCUT2D eigenvalue weighted by Crippen LogP contribution is 2.13. The minimum Gasteiger partial charge on any atom is -0.350 e. The number of rotatable bonds is 3. The van der Waals surface area contributed by atoms with Gasteiger partial charge in [-0.1, -0.05) is 30.3 Å². The molecule has 6 heteroatoms. The summed E-state index contributed by atoms with van der Waals surface area (Å²) in [6.45, 7) is 0.548. The molecule has 5 nitrogen and oxygen atoms in total. The van der Waals surface area contributed by atoms with Crippen LogP contribution in [0.5, 0.6) is 0 Å². The van der Waals surface area contributed by atoms with Crippen LogP contribution in [0.1, 0.15) is 24.4 Å². The lowest BCUT2D eigenvalue weighted by Crippen LogP contribution is -2.50. The second kappa shape index (κ2) is 7.26. The van der Waals surface area contributed by atoms with E-state index in [1.165, 1.54) is 0 Å². The van der Waals surface area contributed by atoms with E-state index in [2.05, 4.69) is 5.32 Å². The predicted octanol–water partition coefficient (Wildman–Crippen LogP) is 0.845. The average Bonchev–Trinajstić information content (AvgIpc) is 2.43. The van der Waals surface area contributed by atoms with E-state index in [-0.39, 0.29) is 30.3 Å². The third kappa shape index (κ3) is 3.95. The van der Waals surface area contributed by atoms with Crippen LogP contribution < -0.4 is 11.1 Å². The first-order chi connectivity index (χ1) is 9.08. The van der Waals surface area contributed by atoms with Crippen LogP contribution in [0.15, 0.2) is 30.3 Å². The van der Waals surface area contributed by atoms with Gasteiger partial charge in [-0.05, 0) is 12.0 Å². The number of piperidine rings is 1. The minimum absolute atomic E-state index is 0. The monoisotopic (exact) mass is 297 g/mol. The minimum atomic E-state index is -0.663. The standard InChI is InChI=1S/C14H19N3O2.ClH/c1-17-9-11(7-8-12(17)18)16-14(19)13(15)10-5-3-2-4-6-10;/h2-6,11,13H,7-9,15H2,1H3,(H,16,19);1H. The number of likely N-dealkylation sites (N-methyl/N-ethyl adjacent to an activating group) is 1. The first-order valence-electron chi connectivity index (χ1n) is 6.43. The summed E-state index contributed by atoms with van der Waals surface area (Å²) in [5.41, 5.74) is 6.72. The summed E-state index contributed by atoms with van der Waals surface area (Å²) in [7, 11) is 1.75. The molecule has 0 bridgehead atoms. The number of hydrogen-bond donors (Lipinski definition) is 2. The maximum Gasteiger partial charge on any atom is 0.241 e. The number of carbonyl (C=O) groups excluding carboxylic acids is 2. The van der Waals surface area contributed by atoms with Crippen LogP contribution in [0.4, 0.5) is 0 Å². The maximum absolute atomic E-state index is 12.1. The normalized spacial score (nSPS) is 20.0. The molecule has 0 radical (unpaired) electrons. The van der Waals surface area contributed by atoms with E-state index >= 15 is 0 Å². The summed E-state index contributed by atoms with van der Waals surface area (Å²) in [6.07, 6.45) is 1.15. The number of nitrogens with two attached hydrogens (primary N) is 1. The van der Waals surface area contributed by atoms with E-state index in [1.807, 2.05) is 30.3 Å². The van der Waals surface area contributed by atoms with Crippen LogP contribution in [0, 0.1) is 0 Å². The van der Waals surface area contributed by atoms with Crippen molar-refractivity contribution in [1.82, 2.24) is 10.2 Å². The number of amides is 2. The molecule has 2 unspecified atom stereocenters. The molecule has 110 valence electrons. The largest absolute Gasteiger partial charge is 0.350 e. The Kier molecular flexibility index (Phi) is 5.98. The van der Waals surface area contributed by atoms with Gasteiger partial charge in [0.25, 0.3) is 0 Å². The van der Waals surface area contributed by atoms with Gasteiger partial charge in [0.2, 0.25) is 11.8 Å². The summed E-state index contributed by atoms with van der Waals surface area (Å²) < 4.78 is 0. The lowest BCUT2D eigenvalue weighted by molar-refractivity contribution is -0.134. The van der Waals surface area contributed by atoms with Gasteiger partial charge >= 0.3 is 0 Å². The molecule has 1 aromatic carbocycles. The predicted molar refractivity (Wildman–Crippen MR) is 79.4 cm³/mol. The van der Waals surface area contributed by atoms with Gasteiger partial charge in [-0.25, -0.2) is 0 Å². The van der Waals surface area contributed by atoms with Crippen LogP contribution in [0.25, 0.3) is 0 Å². The van der Waals surface area contributed by atoms with E-state index in [1.54, 1.807) is 11.9 Å². The fraction of sp³-hybridized carbons (Fsp3) is 0.429. The van der Waals surface area contributed by atoms with Crippen molar-refractivity contribution in [3.05, 3.63) is 35.9 Å². The molecule has 3 N–H and O–H groups in total. The molecule has 0 aliphatic carbocycles. The third-order valence-corrected chi connectivity index (χ3v) is 3.41. The summed E-state index contributed by atoms with van der Waals surface area (Å²) in [6, 6.07) is 8.59. The summed E-state index contributed by atoms with van der Waals surface area (Å²) in [5, 5.41) is 2.91. The maximum atomic E-state index is 12.1. The van der Waals surface area contributed by atoms with Gasteiger partial charge in [0.15, 0.2) is 0 Å². The van der Waals surface area contributed by atoms with Crippen molar-refractivity contribution in [3.63, 3.8) is 0 Å². The van der Waals surface area contributed by atoms with E-state index in [0.717, 1.165) is 5.56 Å². The Labute approximate surface area is 124 Å². The molecule has 1 aliphatic heterocycles. The molecule has 1 saturated heterocycles. The van der Waals surface area contributed by atoms with Gasteiger partial charge in [-0.2, -0.15) is 0 Å². The van der Waals surface area contributed by atoms with E-state index in [0.29, 0.717) is 19.4 Å². The molecule has 2 amide bonds. The Morgan fingerprint density at radius 2 is 2.05 bits per heavy atom. The molecular weight excluding hydrogens is 278 g/mol. The van der Waals surface area contributed by atoms with Crippen LogP contribution >= 0.6 is 12.4 Å². The Hall–Kier alpha value is -1.59. The van der Waals surface area contributed by atoms with Crippen LogP contribution in [0.2, 0.25) is 0 Å². The second-order valence-corrected chi connectivity index (χ2v) is 4.91. The zero-order chi connectivity index (χ0) is 13.8. The summed E-state index contributed by atoms with van der Waals surface area (Å²) in [5.74, 6) is -0.0724. The Balaban J connectivity index is 0.00000200. The molecule has 1 aromatic rings. The zero-order valence-corrected chi connectivity index (χ0v) is 12.2. The molecule has 1 heterocycles. The van der Waals surface area contributed by atoms with Gasteiger partial charge in [0.05, 0.1) is 0 Å². The fourth-order valence-corrected chi connectivity index (χ4v) is 2.23. The Morgan fingerprint density at radius 3 is 2.65 bits per heavy atom. The van der Waals surface area contributed by atoms with Gasteiger partial charge < -0.3 is 16.0 Å². The first-order valence-corrected chi connectivity index (χ1v) is 6.43. The van der Waals surface area contributed by atoms with Gasteiger partial charge in [-0.3, -0.25) is 9.59 Å². The van der Waals surface area contributed by atoms with Crippen molar-refractivity contribution in [3.8, 4) is 0 Å². The van der Waals surface area contributed by atoms with Crippen LogP contribution in [-0.2, 0) is 9.59 Å². The number of nitrogens with one attached hydrogen (secondary N) is 1. The number of carbonyl (C=O) groups is 2. The quantitative estimate of drug-likeness (QED) is 0.868. The van der Waals surface area contributed by atoms with Crippen molar-refractivity contribution >= 4 is 24.2 Å². The van der Waals surface area contributed by atoms with Crippen molar-refractivity contribution in [2.24, 2.45) is 5.73 Å². The van der Waals surface area contributed by atoms with Crippen molar-refractivity contribution in [2.75, 3.05) is 13.6 Å². The van der Waals surface area contributed by atoms with Crippen molar-refractivity contribution < 1.29 is 9.59 Å². The first kappa shape index (κ1) is 16.5. The van der Waals surface area contributed by atoms with Crippen molar-refractivity contribution in [1.29, 1.82) is 0 Å². The van der Waals surface area contributed by atoms with Gasteiger partial charge in [0.1, 0.15) is 6.04 Å². The molecule has 20 heavy (non-hydrogen) atoms. The smallest absolute Gasteiger partial charge is 0.241 e. The number of halogens is 1. The zero-order valence-electron chi connectivity index (χ0n) is 11.4. The highest BCUT2D eigenvalue weighted by molar-refractivity contribution is 5.85. The molecule has 2 rings (SSSR count). The van der Waals surface area contributed by atoms with Crippen LogP contribution in [-0.4, -0.2) is 36.3 Å². The Bertz CT molecular complexity index is 467. The Morgan fingerprint density at radius 1 is 1.40 bits per heavy atom. The molecule has 1 fully saturated rings. The number of likely N-dealkylation sites (tertiary alicyclic amines) is 1. The third-order valence-electron chi connectivity index (χ3n) is 3.41. The lowest BCUT2D eigenvalue weighted by Gasteiger charge is -2.30. The molecule has 0 spiro atoms. The SMILES string of the molecule is CN1CC(NC(=O)C(N)c2ccccc2)CCC1=O.Cl. The van der Waals surface area contributed by atoms with Crippen molar-refractivity contribution in [2.45, 2.75) is 24.9 Å². The molecule has 0 saturated carbocycles. The number of benzene rings is 1. The summed E-state index contributed by atoms with van der Waals surface area (Å²) in [4.78, 5) is 25.1. The topological polar surface area (TPSA) is 75.4 Å². The van der Waals surface area contributed by atoms with Crippen LogP contribution in [0.3, 0.4) is 0 Å². The molecular formula is C14H20ClN3O2. The van der Waals surface area contributed by atoms with E-state index < -0.39 is 6.04 Å². The van der Waals surface area contributed by atoms with Gasteiger partial charge in [-0.15, -0.1) is 12.4 Å². The highest BCUT2D eigenvalue weighted by Gasteiger charge is 2.26. The molecule has 0 aromatic heterocycles. The molecule has 1 aliphatic rings. The van der Waals surface area contributed by atoms with E-state index in [4.69, 9.17) is 5.73 Å². The average molecular weight is 298 g/mol. The molecule has 2 atom stereocenters. The highest BCUT2D eigenvalue weighted by atomic mass is 35.5. The fourth-order valence-electron chi connectivity index (χ4n) is 2.23. The number of nitrogens with zero attached hydrogens (tertiary/aromatic N) is 1. The second-order valence-electron chi connectivity index (χ2n) is 4.91. The lowest BCUT2D eigenvalue weighted by atomic mass is 10.0. The number of hydrogen-bond acceptors (Lipinski definition) is 3. The summed E-state index contributed by atoms with van der Waals surface area (Å²) >= 11 is 0. The van der Waals surface area contributed by atoms with E-state index in [9.17, 15) is 9.59 Å².